The van der Waals surface area contributed by atoms with Crippen LogP contribution in [0.4, 0.5) is 51.2 Å². The molecular weight excluding hydrogens is 811 g/mol. The summed E-state index contributed by atoms with van der Waals surface area (Å²) in [5.74, 6) is 0. The molecule has 2 aromatic heterocycles. The van der Waals surface area contributed by atoms with Gasteiger partial charge in [-0.25, -0.2) is 0 Å². The van der Waals surface area contributed by atoms with Crippen LogP contribution in [0, 0.1) is 0 Å². The van der Waals surface area contributed by atoms with E-state index in [0.717, 1.165) is 78.7 Å². The van der Waals surface area contributed by atoms with Crippen molar-refractivity contribution in [1.82, 2.24) is 0 Å². The lowest BCUT2D eigenvalue weighted by molar-refractivity contribution is 0.669. The summed E-state index contributed by atoms with van der Waals surface area (Å²) in [4.78, 5) is 7.10. The number of benzene rings is 10. The third-order valence-electron chi connectivity index (χ3n) is 12.2. The van der Waals surface area contributed by atoms with Crippen LogP contribution >= 0.6 is 11.3 Å². The van der Waals surface area contributed by atoms with Crippen molar-refractivity contribution in [2.45, 2.75) is 0 Å². The van der Waals surface area contributed by atoms with Crippen LogP contribution in [0.15, 0.2) is 253 Å². The minimum atomic E-state index is 0.792. The van der Waals surface area contributed by atoms with Crippen molar-refractivity contribution < 1.29 is 4.42 Å². The third-order valence-corrected chi connectivity index (χ3v) is 13.3. The molecular formula is C60H41N3OS. The highest BCUT2D eigenvalue weighted by atomic mass is 32.1. The molecule has 0 radical (unpaired) electrons. The predicted molar refractivity (Wildman–Crippen MR) is 276 cm³/mol. The van der Waals surface area contributed by atoms with Gasteiger partial charge >= 0.3 is 0 Å². The fourth-order valence-corrected chi connectivity index (χ4v) is 10.4. The average molecular weight is 852 g/mol. The van der Waals surface area contributed by atoms with E-state index in [1.807, 2.05) is 11.3 Å². The summed E-state index contributed by atoms with van der Waals surface area (Å²) in [6.07, 6.45) is 0. The Hall–Kier alpha value is -8.38. The molecule has 0 saturated carbocycles. The van der Waals surface area contributed by atoms with Crippen molar-refractivity contribution in [2.24, 2.45) is 0 Å². The third kappa shape index (κ3) is 6.96. The van der Waals surface area contributed by atoms with Crippen molar-refractivity contribution in [3.05, 3.63) is 249 Å². The second kappa shape index (κ2) is 16.4. The molecule has 12 aromatic rings. The van der Waals surface area contributed by atoms with Gasteiger partial charge in [-0.3, -0.25) is 0 Å². The lowest BCUT2D eigenvalue weighted by Crippen LogP contribution is -2.14. The lowest BCUT2D eigenvalue weighted by Gasteiger charge is -2.30. The molecule has 0 aliphatic heterocycles. The Balaban J connectivity index is 1.15. The molecule has 0 atom stereocenters. The van der Waals surface area contributed by atoms with E-state index in [1.165, 1.54) is 25.7 Å². The van der Waals surface area contributed by atoms with E-state index < -0.39 is 0 Å². The second-order valence-electron chi connectivity index (χ2n) is 16.1. The number of para-hydroxylation sites is 4. The van der Waals surface area contributed by atoms with Crippen LogP contribution in [0.1, 0.15) is 0 Å². The van der Waals surface area contributed by atoms with Crippen LogP contribution in [-0.2, 0) is 0 Å². The molecule has 65 heavy (non-hydrogen) atoms. The summed E-state index contributed by atoms with van der Waals surface area (Å²) in [7, 11) is 0. The zero-order valence-electron chi connectivity index (χ0n) is 35.3. The molecule has 4 nitrogen and oxygen atoms in total. The molecule has 10 aromatic carbocycles. The number of anilines is 9. The lowest BCUT2D eigenvalue weighted by atomic mass is 10.0. The molecule has 0 amide bonds. The van der Waals surface area contributed by atoms with Gasteiger partial charge in [0.25, 0.3) is 0 Å². The topological polar surface area (TPSA) is 22.9 Å². The van der Waals surface area contributed by atoms with Crippen LogP contribution in [-0.4, -0.2) is 0 Å². The SMILES string of the molecule is c1ccc(-c2ccc(N(c3ccccc3)c3cc(N(c4ccccc4)c4cccc5sc6ccccc6c45)cc4oc5ccc(N(c6ccccc6)c6ccccc6)cc5c34)cc2)cc1. The molecule has 12 rings (SSSR count). The van der Waals surface area contributed by atoms with Gasteiger partial charge in [0.15, 0.2) is 0 Å². The summed E-state index contributed by atoms with van der Waals surface area (Å²) in [6, 6.07) is 88.6. The minimum absolute atomic E-state index is 0.792. The van der Waals surface area contributed by atoms with E-state index in [9.17, 15) is 0 Å². The second-order valence-corrected chi connectivity index (χ2v) is 17.2. The van der Waals surface area contributed by atoms with Gasteiger partial charge < -0.3 is 19.1 Å². The number of hydrogen-bond donors (Lipinski definition) is 0. The van der Waals surface area contributed by atoms with Gasteiger partial charge in [-0.2, -0.15) is 0 Å². The highest BCUT2D eigenvalue weighted by molar-refractivity contribution is 7.26. The van der Waals surface area contributed by atoms with Crippen molar-refractivity contribution in [3.8, 4) is 11.1 Å². The van der Waals surface area contributed by atoms with E-state index in [0.29, 0.717) is 0 Å². The van der Waals surface area contributed by atoms with Crippen LogP contribution in [0.2, 0.25) is 0 Å². The van der Waals surface area contributed by atoms with Crippen molar-refractivity contribution in [3.63, 3.8) is 0 Å². The van der Waals surface area contributed by atoms with Gasteiger partial charge in [-0.1, -0.05) is 140 Å². The molecule has 2 heterocycles. The predicted octanol–water partition coefficient (Wildman–Crippen LogP) is 18.0. The molecule has 0 fully saturated rings. The maximum absolute atomic E-state index is 7.07. The minimum Gasteiger partial charge on any atom is -0.456 e. The first-order valence-electron chi connectivity index (χ1n) is 21.9. The number of thiophene rings is 1. The van der Waals surface area contributed by atoms with E-state index >= 15 is 0 Å². The summed E-state index contributed by atoms with van der Waals surface area (Å²) >= 11 is 1.83. The summed E-state index contributed by atoms with van der Waals surface area (Å²) < 4.78 is 9.58. The largest absolute Gasteiger partial charge is 0.456 e. The number of furan rings is 1. The number of fused-ring (bicyclic) bond motifs is 6. The average Bonchev–Trinajstić information content (AvgIpc) is 3.95. The van der Waals surface area contributed by atoms with Gasteiger partial charge in [-0.15, -0.1) is 11.3 Å². The van der Waals surface area contributed by atoms with Gasteiger partial charge in [-0.05, 0) is 114 Å². The highest BCUT2D eigenvalue weighted by Gasteiger charge is 2.26. The molecule has 0 spiro atoms. The summed E-state index contributed by atoms with van der Waals surface area (Å²) in [5, 5.41) is 4.52. The Kier molecular flexibility index (Phi) is 9.66. The van der Waals surface area contributed by atoms with Gasteiger partial charge in [0.1, 0.15) is 11.2 Å². The van der Waals surface area contributed by atoms with E-state index in [-0.39, 0.29) is 0 Å². The molecule has 0 N–H and O–H groups in total. The van der Waals surface area contributed by atoms with Crippen molar-refractivity contribution >= 4 is 105 Å². The highest BCUT2D eigenvalue weighted by Crippen LogP contribution is 2.51. The molecule has 308 valence electrons. The number of rotatable bonds is 10. The van der Waals surface area contributed by atoms with Gasteiger partial charge in [0.2, 0.25) is 0 Å². The Morgan fingerprint density at radius 2 is 0.769 bits per heavy atom. The van der Waals surface area contributed by atoms with Crippen LogP contribution < -0.4 is 14.7 Å². The van der Waals surface area contributed by atoms with E-state index in [1.54, 1.807) is 0 Å². The zero-order valence-corrected chi connectivity index (χ0v) is 36.1. The first-order valence-corrected chi connectivity index (χ1v) is 22.7. The van der Waals surface area contributed by atoms with Gasteiger partial charge in [0, 0.05) is 65.7 Å². The Morgan fingerprint density at radius 3 is 1.40 bits per heavy atom. The maximum Gasteiger partial charge on any atom is 0.139 e. The molecule has 0 bridgehead atoms. The van der Waals surface area contributed by atoms with E-state index in [4.69, 9.17) is 4.42 Å². The molecule has 5 heteroatoms. The molecule has 0 aliphatic rings. The zero-order chi connectivity index (χ0) is 43.1. The Labute approximate surface area is 381 Å². The molecule has 0 saturated heterocycles. The molecule has 0 aliphatic carbocycles. The molecule has 0 unspecified atom stereocenters. The number of nitrogens with zero attached hydrogens (tertiary/aromatic N) is 3. The smallest absolute Gasteiger partial charge is 0.139 e. The fraction of sp³-hybridized carbons (Fsp3) is 0. The van der Waals surface area contributed by atoms with Crippen LogP contribution in [0.5, 0.6) is 0 Å². The Morgan fingerprint density at radius 1 is 0.277 bits per heavy atom. The van der Waals surface area contributed by atoms with E-state index in [2.05, 4.69) is 263 Å². The quantitative estimate of drug-likeness (QED) is 0.137. The first kappa shape index (κ1) is 38.3. The van der Waals surface area contributed by atoms with Gasteiger partial charge in [0.05, 0.1) is 22.4 Å². The first-order chi connectivity index (χ1) is 32.2. The van der Waals surface area contributed by atoms with Crippen LogP contribution in [0.3, 0.4) is 0 Å². The summed E-state index contributed by atoms with van der Waals surface area (Å²) in [6.45, 7) is 0. The Bertz CT molecular complexity index is 3550. The monoisotopic (exact) mass is 851 g/mol. The maximum atomic E-state index is 7.07. The van der Waals surface area contributed by atoms with Crippen molar-refractivity contribution in [2.75, 3.05) is 14.7 Å². The summed E-state index contributed by atoms with van der Waals surface area (Å²) in [5.41, 5.74) is 13.3. The number of hydrogen-bond acceptors (Lipinski definition) is 5. The standard InChI is InChI=1S/C60H41N3OS/c1-6-19-42(20-7-1)43-33-35-48(36-34-43)62(46-25-12-4-13-26-46)54-40-50(63(47-27-14-5-15-28-47)53-30-18-32-58-60(53)51-29-16-17-31-57(51)65-58)41-56-59(54)52-39-49(37-38-55(52)64-56)61(44-21-8-2-9-22-44)45-23-10-3-11-24-45/h1-41H. The normalized spacial score (nSPS) is 11.4. The fourth-order valence-electron chi connectivity index (χ4n) is 9.29. The van der Waals surface area contributed by atoms with Crippen LogP contribution in [0.25, 0.3) is 53.2 Å². The van der Waals surface area contributed by atoms with Crippen molar-refractivity contribution in [1.29, 1.82) is 0 Å².